The molecule has 0 fully saturated rings. The van der Waals surface area contributed by atoms with E-state index in [0.717, 1.165) is 28.9 Å². The van der Waals surface area contributed by atoms with E-state index >= 15 is 0 Å². The first-order valence-corrected chi connectivity index (χ1v) is 9.54. The quantitative estimate of drug-likeness (QED) is 0.523. The number of rotatable bonds is 6. The van der Waals surface area contributed by atoms with Gasteiger partial charge in [0.2, 0.25) is 0 Å². The van der Waals surface area contributed by atoms with Gasteiger partial charge in [-0.25, -0.2) is 0 Å². The van der Waals surface area contributed by atoms with E-state index in [2.05, 4.69) is 77.4 Å². The second-order valence-corrected chi connectivity index (χ2v) is 6.89. The zero-order valence-electron chi connectivity index (χ0n) is 16.3. The Morgan fingerprint density at radius 3 is 2.64 bits per heavy atom. The Hall–Kier alpha value is -3.40. The molecule has 0 saturated carbocycles. The Morgan fingerprint density at radius 2 is 1.89 bits per heavy atom. The molecule has 0 aliphatic heterocycles. The maximum atomic E-state index is 4.51. The van der Waals surface area contributed by atoms with Crippen molar-refractivity contribution in [3.05, 3.63) is 90.5 Å². The molecule has 0 atom stereocenters. The Bertz CT molecular complexity index is 1130. The largest absolute Gasteiger partial charge is 0.380 e. The van der Waals surface area contributed by atoms with E-state index in [1.54, 1.807) is 0 Å². The minimum atomic E-state index is 0.683. The van der Waals surface area contributed by atoms with Crippen molar-refractivity contribution >= 4 is 16.5 Å². The summed E-state index contributed by atoms with van der Waals surface area (Å²) < 4.78 is 1.88. The summed E-state index contributed by atoms with van der Waals surface area (Å²) in [6.45, 7) is 7.00. The topological polar surface area (TPSA) is 42.7 Å². The van der Waals surface area contributed by atoms with Gasteiger partial charge in [-0.3, -0.25) is 9.67 Å². The molecule has 4 rings (SSSR count). The predicted octanol–water partition coefficient (Wildman–Crippen LogP) is 4.96. The lowest BCUT2D eigenvalue weighted by Crippen LogP contribution is -2.13. The van der Waals surface area contributed by atoms with Crippen LogP contribution in [-0.2, 0) is 20.0 Å². The Kier molecular flexibility index (Phi) is 4.94. The van der Waals surface area contributed by atoms with Crippen LogP contribution in [0.3, 0.4) is 0 Å². The summed E-state index contributed by atoms with van der Waals surface area (Å²) in [5, 5.41) is 10.3. The van der Waals surface area contributed by atoms with Crippen molar-refractivity contribution in [3.8, 4) is 11.1 Å². The highest BCUT2D eigenvalue weighted by Crippen LogP contribution is 2.30. The van der Waals surface area contributed by atoms with Crippen molar-refractivity contribution in [2.75, 3.05) is 0 Å². The van der Waals surface area contributed by atoms with Crippen LogP contribution in [-0.4, -0.2) is 14.8 Å². The van der Waals surface area contributed by atoms with Crippen LogP contribution >= 0.6 is 0 Å². The standard InChI is InChI=1S/C24H24N4/c1-4-20-14-24(28(3)27-20)17(2)26-15-19-10-11-21(18-8-6-5-7-9-18)22-12-13-25-16-23(19)22/h5-14,16,26H,2,4,15H2,1,3H3. The highest BCUT2D eigenvalue weighted by Gasteiger charge is 2.10. The number of pyridine rings is 1. The van der Waals surface area contributed by atoms with Gasteiger partial charge in [0.1, 0.15) is 0 Å². The van der Waals surface area contributed by atoms with Crippen molar-refractivity contribution in [2.24, 2.45) is 7.05 Å². The molecule has 0 spiro atoms. The average Bonchev–Trinajstić information content (AvgIpc) is 3.13. The number of hydrogen-bond donors (Lipinski definition) is 1. The second kappa shape index (κ2) is 7.69. The zero-order chi connectivity index (χ0) is 19.5. The molecular formula is C24H24N4. The van der Waals surface area contributed by atoms with Crippen LogP contribution in [0, 0.1) is 0 Å². The molecule has 0 bridgehead atoms. The van der Waals surface area contributed by atoms with E-state index < -0.39 is 0 Å². The van der Waals surface area contributed by atoms with Crippen LogP contribution < -0.4 is 5.32 Å². The van der Waals surface area contributed by atoms with Gasteiger partial charge in [-0.1, -0.05) is 56.0 Å². The summed E-state index contributed by atoms with van der Waals surface area (Å²) in [7, 11) is 1.95. The molecule has 0 radical (unpaired) electrons. The molecule has 4 nitrogen and oxygen atoms in total. The Labute approximate surface area is 165 Å². The number of benzene rings is 2. The van der Waals surface area contributed by atoms with Gasteiger partial charge in [0.15, 0.2) is 0 Å². The van der Waals surface area contributed by atoms with Crippen LogP contribution in [0.4, 0.5) is 0 Å². The molecule has 0 aliphatic rings. The van der Waals surface area contributed by atoms with Gasteiger partial charge >= 0.3 is 0 Å². The summed E-state index contributed by atoms with van der Waals surface area (Å²) in [4.78, 5) is 4.36. The average molecular weight is 368 g/mol. The zero-order valence-corrected chi connectivity index (χ0v) is 16.3. The number of aryl methyl sites for hydroxylation is 2. The van der Waals surface area contributed by atoms with E-state index in [4.69, 9.17) is 0 Å². The number of nitrogens with zero attached hydrogens (tertiary/aromatic N) is 3. The molecule has 2 aromatic heterocycles. The van der Waals surface area contributed by atoms with Gasteiger partial charge < -0.3 is 5.32 Å². The van der Waals surface area contributed by atoms with Crippen LogP contribution in [0.5, 0.6) is 0 Å². The SMILES string of the molecule is C=C(NCc1ccc(-c2ccccc2)c2ccncc12)c1cc(CC)nn1C. The summed E-state index contributed by atoms with van der Waals surface area (Å²) in [6.07, 6.45) is 4.71. The Balaban J connectivity index is 1.63. The van der Waals surface area contributed by atoms with Crippen LogP contribution in [0.15, 0.2) is 73.6 Å². The summed E-state index contributed by atoms with van der Waals surface area (Å²) in [5.41, 5.74) is 6.59. The minimum Gasteiger partial charge on any atom is -0.380 e. The molecule has 140 valence electrons. The van der Waals surface area contributed by atoms with E-state index in [0.29, 0.717) is 6.54 Å². The lowest BCUT2D eigenvalue weighted by atomic mass is 9.96. The lowest BCUT2D eigenvalue weighted by molar-refractivity contribution is 0.727. The normalized spacial score (nSPS) is 10.9. The minimum absolute atomic E-state index is 0.683. The first kappa shape index (κ1) is 18.0. The van der Waals surface area contributed by atoms with Crippen molar-refractivity contribution < 1.29 is 0 Å². The first-order chi connectivity index (χ1) is 13.7. The molecule has 0 amide bonds. The molecule has 0 unspecified atom stereocenters. The maximum absolute atomic E-state index is 4.51. The summed E-state index contributed by atoms with van der Waals surface area (Å²) in [5.74, 6) is 0. The van der Waals surface area contributed by atoms with Gasteiger partial charge in [0.05, 0.1) is 17.1 Å². The van der Waals surface area contributed by atoms with Crippen molar-refractivity contribution in [1.29, 1.82) is 0 Å². The van der Waals surface area contributed by atoms with E-state index in [1.807, 2.05) is 30.2 Å². The Morgan fingerprint density at radius 1 is 1.07 bits per heavy atom. The van der Waals surface area contributed by atoms with Crippen molar-refractivity contribution in [2.45, 2.75) is 19.9 Å². The number of nitrogens with one attached hydrogen (secondary N) is 1. The monoisotopic (exact) mass is 368 g/mol. The van der Waals surface area contributed by atoms with Crippen LogP contribution in [0.1, 0.15) is 23.9 Å². The van der Waals surface area contributed by atoms with Crippen molar-refractivity contribution in [3.63, 3.8) is 0 Å². The smallest absolute Gasteiger partial charge is 0.0834 e. The molecular weight excluding hydrogens is 344 g/mol. The van der Waals surface area contributed by atoms with E-state index in [-0.39, 0.29) is 0 Å². The van der Waals surface area contributed by atoms with Crippen molar-refractivity contribution in [1.82, 2.24) is 20.1 Å². The molecule has 0 aliphatic carbocycles. The van der Waals surface area contributed by atoms with Gasteiger partial charge in [-0.2, -0.15) is 5.10 Å². The first-order valence-electron chi connectivity index (χ1n) is 9.54. The molecule has 4 aromatic rings. The fraction of sp³-hybridized carbons (Fsp3) is 0.167. The van der Waals surface area contributed by atoms with Gasteiger partial charge in [-0.05, 0) is 40.6 Å². The molecule has 28 heavy (non-hydrogen) atoms. The third-order valence-electron chi connectivity index (χ3n) is 5.09. The molecule has 2 aromatic carbocycles. The highest BCUT2D eigenvalue weighted by atomic mass is 15.3. The summed E-state index contributed by atoms with van der Waals surface area (Å²) >= 11 is 0. The number of fused-ring (bicyclic) bond motifs is 1. The molecule has 0 saturated heterocycles. The molecule has 4 heteroatoms. The lowest BCUT2D eigenvalue weighted by Gasteiger charge is -2.14. The highest BCUT2D eigenvalue weighted by molar-refractivity contribution is 5.98. The van der Waals surface area contributed by atoms with E-state index in [9.17, 15) is 0 Å². The third kappa shape index (κ3) is 3.41. The number of aromatic nitrogens is 3. The fourth-order valence-electron chi connectivity index (χ4n) is 3.55. The molecule has 2 heterocycles. The molecule has 1 N–H and O–H groups in total. The second-order valence-electron chi connectivity index (χ2n) is 6.89. The van der Waals surface area contributed by atoms with Gasteiger partial charge in [-0.15, -0.1) is 0 Å². The maximum Gasteiger partial charge on any atom is 0.0834 e. The van der Waals surface area contributed by atoms with E-state index in [1.165, 1.54) is 22.1 Å². The van der Waals surface area contributed by atoms with Gasteiger partial charge in [0.25, 0.3) is 0 Å². The third-order valence-corrected chi connectivity index (χ3v) is 5.09. The number of hydrogen-bond acceptors (Lipinski definition) is 3. The predicted molar refractivity (Wildman–Crippen MR) is 116 cm³/mol. The summed E-state index contributed by atoms with van der Waals surface area (Å²) in [6, 6.07) is 19.0. The van der Waals surface area contributed by atoms with Crippen LogP contribution in [0.2, 0.25) is 0 Å². The fourth-order valence-corrected chi connectivity index (χ4v) is 3.55. The van der Waals surface area contributed by atoms with Crippen LogP contribution in [0.25, 0.3) is 27.6 Å². The van der Waals surface area contributed by atoms with Gasteiger partial charge in [0, 0.05) is 31.4 Å².